The zero-order valence-electron chi connectivity index (χ0n) is 14.8. The summed E-state index contributed by atoms with van der Waals surface area (Å²) in [6, 6.07) is 7.25. The number of amides is 3. The molecule has 0 fully saturated rings. The zero-order chi connectivity index (χ0) is 19.7. The first kappa shape index (κ1) is 21.8. The van der Waals surface area contributed by atoms with E-state index in [1.165, 1.54) is 20.8 Å². The fourth-order valence-corrected chi connectivity index (χ4v) is 2.04. The van der Waals surface area contributed by atoms with Gasteiger partial charge in [0.1, 0.15) is 18.7 Å². The van der Waals surface area contributed by atoms with Gasteiger partial charge in [-0.05, 0) is 26.3 Å². The Morgan fingerprint density at radius 2 is 1.50 bits per heavy atom. The second-order valence-corrected chi connectivity index (χ2v) is 7.08. The molecule has 0 heterocycles. The summed E-state index contributed by atoms with van der Waals surface area (Å²) in [5.74, 6) is -1.96. The minimum absolute atomic E-state index is 0.0724. The van der Waals surface area contributed by atoms with Crippen molar-refractivity contribution in [1.29, 1.82) is 0 Å². The summed E-state index contributed by atoms with van der Waals surface area (Å²) >= 11 is 0. The highest BCUT2D eigenvalue weighted by molar-refractivity contribution is 7.45. The van der Waals surface area contributed by atoms with Gasteiger partial charge in [-0.25, -0.2) is 4.79 Å². The average molecular weight is 385 g/mol. The standard InChI is InChI=1S/C16H24N3O6P/c1-10(15(21)19-12(3)26(23)24)17-14(20)11(2)18-16(22)25-9-13-7-5-4-6-8-13/h4-8,10-12,23-24H,9H2,1-3H3,(H,17,20)(H,18,22)(H,19,21)/t10-,11-,12+/m0/s1. The van der Waals surface area contributed by atoms with Crippen LogP contribution >= 0.6 is 8.38 Å². The zero-order valence-corrected chi connectivity index (χ0v) is 15.7. The molecule has 0 aliphatic carbocycles. The van der Waals surface area contributed by atoms with Crippen molar-refractivity contribution in [3.63, 3.8) is 0 Å². The normalized spacial score (nSPS) is 14.1. The number of rotatable bonds is 8. The molecule has 10 heteroatoms. The highest BCUT2D eigenvalue weighted by Crippen LogP contribution is 2.27. The number of nitrogens with one attached hydrogen (secondary N) is 3. The summed E-state index contributed by atoms with van der Waals surface area (Å²) in [4.78, 5) is 53.6. The van der Waals surface area contributed by atoms with Crippen molar-refractivity contribution in [1.82, 2.24) is 16.0 Å². The maximum Gasteiger partial charge on any atom is 0.408 e. The Labute approximate surface area is 153 Å². The molecule has 26 heavy (non-hydrogen) atoms. The molecule has 1 aromatic rings. The third-order valence-electron chi connectivity index (χ3n) is 3.39. The predicted molar refractivity (Wildman–Crippen MR) is 95.8 cm³/mol. The van der Waals surface area contributed by atoms with Gasteiger partial charge in [0.2, 0.25) is 11.8 Å². The largest absolute Gasteiger partial charge is 0.445 e. The fourth-order valence-electron chi connectivity index (χ4n) is 1.80. The van der Waals surface area contributed by atoms with Gasteiger partial charge in [-0.15, -0.1) is 0 Å². The molecule has 0 spiro atoms. The lowest BCUT2D eigenvalue weighted by molar-refractivity contribution is -0.129. The van der Waals surface area contributed by atoms with E-state index < -0.39 is 44.1 Å². The van der Waals surface area contributed by atoms with Gasteiger partial charge in [0.05, 0.1) is 5.78 Å². The minimum Gasteiger partial charge on any atom is -0.445 e. The molecule has 0 radical (unpaired) electrons. The molecule has 5 N–H and O–H groups in total. The molecule has 3 amide bonds. The lowest BCUT2D eigenvalue weighted by Gasteiger charge is -2.20. The smallest absolute Gasteiger partial charge is 0.408 e. The van der Waals surface area contributed by atoms with E-state index in [9.17, 15) is 14.4 Å². The van der Waals surface area contributed by atoms with Gasteiger partial charge in [0.25, 0.3) is 0 Å². The molecule has 1 rings (SSSR count). The minimum atomic E-state index is -2.31. The third kappa shape index (κ3) is 7.77. The van der Waals surface area contributed by atoms with Crippen LogP contribution in [0.25, 0.3) is 0 Å². The molecule has 144 valence electrons. The number of carbonyl (C=O) groups excluding carboxylic acids is 3. The molecular weight excluding hydrogens is 361 g/mol. The molecule has 1 aromatic carbocycles. The van der Waals surface area contributed by atoms with Crippen molar-refractivity contribution < 1.29 is 28.9 Å². The average Bonchev–Trinajstić information content (AvgIpc) is 2.60. The highest BCUT2D eigenvalue weighted by atomic mass is 31.2. The Balaban J connectivity index is 2.39. The number of ether oxygens (including phenoxy) is 1. The molecule has 3 atom stereocenters. The van der Waals surface area contributed by atoms with E-state index >= 15 is 0 Å². The van der Waals surface area contributed by atoms with Crippen LogP contribution in [-0.2, 0) is 20.9 Å². The Hall–Kier alpha value is -2.22. The van der Waals surface area contributed by atoms with Crippen LogP contribution in [0.2, 0.25) is 0 Å². The molecule has 0 aliphatic heterocycles. The van der Waals surface area contributed by atoms with Crippen LogP contribution in [0.1, 0.15) is 26.3 Å². The van der Waals surface area contributed by atoms with E-state index in [1.54, 1.807) is 12.1 Å². The van der Waals surface area contributed by atoms with E-state index in [1.807, 2.05) is 18.2 Å². The fraction of sp³-hybridized carbons (Fsp3) is 0.438. The maximum atomic E-state index is 12.0. The molecule has 9 nitrogen and oxygen atoms in total. The van der Waals surface area contributed by atoms with Crippen LogP contribution in [-0.4, -0.2) is 45.6 Å². The second-order valence-electron chi connectivity index (χ2n) is 5.66. The van der Waals surface area contributed by atoms with E-state index in [0.717, 1.165) is 5.56 Å². The quantitative estimate of drug-likeness (QED) is 0.415. The van der Waals surface area contributed by atoms with Crippen LogP contribution in [0.15, 0.2) is 30.3 Å². The van der Waals surface area contributed by atoms with Gasteiger partial charge in [-0.2, -0.15) is 0 Å². The number of alkyl carbamates (subject to hydrolysis) is 1. The molecule has 0 saturated heterocycles. The van der Waals surface area contributed by atoms with Gasteiger partial charge < -0.3 is 30.5 Å². The van der Waals surface area contributed by atoms with E-state index in [-0.39, 0.29) is 6.61 Å². The van der Waals surface area contributed by atoms with E-state index in [2.05, 4.69) is 16.0 Å². The summed E-state index contributed by atoms with van der Waals surface area (Å²) in [5.41, 5.74) is 0.812. The monoisotopic (exact) mass is 385 g/mol. The number of carbonyl (C=O) groups is 3. The van der Waals surface area contributed by atoms with Crippen molar-refractivity contribution in [3.05, 3.63) is 35.9 Å². The number of hydrogen-bond donors (Lipinski definition) is 5. The van der Waals surface area contributed by atoms with Crippen LogP contribution in [0, 0.1) is 0 Å². The van der Waals surface area contributed by atoms with Crippen molar-refractivity contribution in [2.45, 2.75) is 45.2 Å². The van der Waals surface area contributed by atoms with Crippen LogP contribution in [0.4, 0.5) is 4.79 Å². The maximum absolute atomic E-state index is 12.0. The van der Waals surface area contributed by atoms with Gasteiger partial charge in [-0.3, -0.25) is 9.59 Å². The van der Waals surface area contributed by atoms with Gasteiger partial charge >= 0.3 is 6.09 Å². The summed E-state index contributed by atoms with van der Waals surface area (Å²) in [5, 5.41) is 7.16. The topological polar surface area (TPSA) is 137 Å². The SMILES string of the molecule is C[C@H](NC(=O)OCc1ccccc1)C(=O)N[C@@H](C)C(=O)N[C@@H](C)P(O)O. The van der Waals surface area contributed by atoms with Gasteiger partial charge in [0, 0.05) is 0 Å². The lowest BCUT2D eigenvalue weighted by atomic mass is 10.2. The first-order chi connectivity index (χ1) is 12.2. The number of hydrogen-bond acceptors (Lipinski definition) is 6. The predicted octanol–water partition coefficient (Wildman–Crippen LogP) is 0.565. The first-order valence-electron chi connectivity index (χ1n) is 7.95. The van der Waals surface area contributed by atoms with E-state index in [4.69, 9.17) is 14.5 Å². The van der Waals surface area contributed by atoms with E-state index in [0.29, 0.717) is 0 Å². The molecule has 0 aliphatic rings. The molecule has 0 bridgehead atoms. The summed E-state index contributed by atoms with van der Waals surface area (Å²) in [7, 11) is -2.31. The first-order valence-corrected chi connectivity index (χ1v) is 9.27. The Morgan fingerprint density at radius 3 is 2.08 bits per heavy atom. The van der Waals surface area contributed by atoms with Crippen LogP contribution in [0.5, 0.6) is 0 Å². The number of benzene rings is 1. The van der Waals surface area contributed by atoms with Crippen molar-refractivity contribution in [2.75, 3.05) is 0 Å². The molecule has 0 aromatic heterocycles. The molecule has 0 saturated carbocycles. The van der Waals surface area contributed by atoms with Crippen molar-refractivity contribution in [2.24, 2.45) is 0 Å². The van der Waals surface area contributed by atoms with Crippen LogP contribution < -0.4 is 16.0 Å². The van der Waals surface area contributed by atoms with Crippen molar-refractivity contribution >= 4 is 26.3 Å². The molecular formula is C16H24N3O6P. The third-order valence-corrected chi connectivity index (χ3v) is 4.21. The summed E-state index contributed by atoms with van der Waals surface area (Å²) in [6.07, 6.45) is -0.756. The summed E-state index contributed by atoms with van der Waals surface area (Å²) < 4.78 is 5.02. The molecule has 0 unspecified atom stereocenters. The van der Waals surface area contributed by atoms with Crippen molar-refractivity contribution in [3.8, 4) is 0 Å². The second kappa shape index (κ2) is 10.7. The Kier molecular flexibility index (Phi) is 8.98. The Morgan fingerprint density at radius 1 is 0.962 bits per heavy atom. The lowest BCUT2D eigenvalue weighted by Crippen LogP contribution is -2.52. The Bertz CT molecular complexity index is 613. The highest BCUT2D eigenvalue weighted by Gasteiger charge is 2.23. The van der Waals surface area contributed by atoms with Gasteiger partial charge in [0.15, 0.2) is 8.38 Å². The summed E-state index contributed by atoms with van der Waals surface area (Å²) in [6.45, 7) is 4.40. The van der Waals surface area contributed by atoms with Gasteiger partial charge in [-0.1, -0.05) is 30.3 Å². The van der Waals surface area contributed by atoms with Crippen LogP contribution in [0.3, 0.4) is 0 Å².